The summed E-state index contributed by atoms with van der Waals surface area (Å²) in [5.74, 6) is -2.68. The van der Waals surface area contributed by atoms with E-state index in [1.807, 2.05) is 25.1 Å². The monoisotopic (exact) mass is 319 g/mol. The Morgan fingerprint density at radius 1 is 1.50 bits per heavy atom. The second-order valence-corrected chi connectivity index (χ2v) is 6.50. The van der Waals surface area contributed by atoms with Crippen LogP contribution in [0.5, 0.6) is 0 Å². The Hall–Kier alpha value is -1.85. The number of ether oxygens (including phenoxy) is 1. The zero-order valence-corrected chi connectivity index (χ0v) is 12.6. The van der Waals surface area contributed by atoms with Crippen LogP contribution in [0.3, 0.4) is 0 Å². The highest BCUT2D eigenvalue weighted by Gasteiger charge is 2.67. The molecule has 1 aromatic carbocycles. The van der Waals surface area contributed by atoms with Gasteiger partial charge in [0.25, 0.3) is 0 Å². The van der Waals surface area contributed by atoms with Crippen molar-refractivity contribution in [2.75, 3.05) is 11.4 Å². The van der Waals surface area contributed by atoms with E-state index in [0.29, 0.717) is 17.3 Å². The summed E-state index contributed by atoms with van der Waals surface area (Å²) in [6, 6.07) is 5.40. The summed E-state index contributed by atoms with van der Waals surface area (Å²) in [6.07, 6.45) is 3.10. The summed E-state index contributed by atoms with van der Waals surface area (Å²) in [6.45, 7) is 2.21. The molecule has 3 aliphatic rings. The summed E-state index contributed by atoms with van der Waals surface area (Å²) < 4.78 is 5.85. The molecule has 4 rings (SSSR count). The Morgan fingerprint density at radius 3 is 2.95 bits per heavy atom. The third kappa shape index (κ3) is 1.63. The van der Waals surface area contributed by atoms with Gasteiger partial charge < -0.3 is 14.7 Å². The van der Waals surface area contributed by atoms with Gasteiger partial charge in [-0.15, -0.1) is 0 Å². The molecule has 0 aliphatic carbocycles. The number of halogens is 1. The molecule has 0 saturated carbocycles. The van der Waals surface area contributed by atoms with Crippen molar-refractivity contribution >= 4 is 29.2 Å². The van der Waals surface area contributed by atoms with E-state index in [2.05, 4.69) is 0 Å². The summed E-state index contributed by atoms with van der Waals surface area (Å²) in [7, 11) is 0. The number of benzene rings is 1. The number of carbonyl (C=O) groups is 2. The number of rotatable bonds is 2. The van der Waals surface area contributed by atoms with Gasteiger partial charge in [0, 0.05) is 10.7 Å². The molecule has 3 aliphatic heterocycles. The van der Waals surface area contributed by atoms with Crippen LogP contribution in [0, 0.1) is 18.8 Å². The predicted molar refractivity (Wildman–Crippen MR) is 79.9 cm³/mol. The van der Waals surface area contributed by atoms with Crippen molar-refractivity contribution in [3.63, 3.8) is 0 Å². The molecule has 2 saturated heterocycles. The molecule has 2 fully saturated rings. The van der Waals surface area contributed by atoms with Gasteiger partial charge in [0.2, 0.25) is 5.91 Å². The summed E-state index contributed by atoms with van der Waals surface area (Å²) >= 11 is 6.14. The number of nitrogens with zero attached hydrogens (tertiary/aromatic N) is 1. The van der Waals surface area contributed by atoms with Gasteiger partial charge in [-0.3, -0.25) is 9.59 Å². The van der Waals surface area contributed by atoms with Crippen LogP contribution < -0.4 is 4.90 Å². The van der Waals surface area contributed by atoms with Gasteiger partial charge >= 0.3 is 5.97 Å². The van der Waals surface area contributed by atoms with Crippen molar-refractivity contribution in [2.24, 2.45) is 11.8 Å². The second-order valence-electron chi connectivity index (χ2n) is 6.10. The molecule has 5 nitrogen and oxygen atoms in total. The van der Waals surface area contributed by atoms with Crippen molar-refractivity contribution < 1.29 is 19.4 Å². The SMILES string of the molecule is Cc1ccc(N2CC34C=CC(O3)C(C(=O)O)C4C2=O)cc1Cl. The lowest BCUT2D eigenvalue weighted by molar-refractivity contribution is -0.146. The van der Waals surface area contributed by atoms with Crippen LogP contribution in [0.15, 0.2) is 30.4 Å². The number of carboxylic acids is 1. The van der Waals surface area contributed by atoms with Crippen LogP contribution in [0.2, 0.25) is 5.02 Å². The van der Waals surface area contributed by atoms with Gasteiger partial charge in [-0.2, -0.15) is 0 Å². The van der Waals surface area contributed by atoms with Crippen LogP contribution >= 0.6 is 11.6 Å². The molecule has 4 unspecified atom stereocenters. The maximum Gasteiger partial charge on any atom is 0.310 e. The first-order valence-corrected chi connectivity index (χ1v) is 7.48. The molecule has 0 radical (unpaired) electrons. The average Bonchev–Trinajstić information content (AvgIpc) is 3.10. The fourth-order valence-electron chi connectivity index (χ4n) is 3.75. The molecule has 4 atom stereocenters. The van der Waals surface area contributed by atoms with Crippen molar-refractivity contribution in [3.8, 4) is 0 Å². The predicted octanol–water partition coefficient (Wildman–Crippen LogP) is 2.02. The molecule has 2 bridgehead atoms. The second kappa shape index (κ2) is 4.33. The third-order valence-corrected chi connectivity index (χ3v) is 5.26. The molecular weight excluding hydrogens is 306 g/mol. The van der Waals surface area contributed by atoms with Gasteiger partial charge in [-0.1, -0.05) is 29.8 Å². The van der Waals surface area contributed by atoms with Crippen molar-refractivity contribution in [2.45, 2.75) is 18.6 Å². The minimum absolute atomic E-state index is 0.209. The van der Waals surface area contributed by atoms with E-state index in [9.17, 15) is 14.7 Å². The van der Waals surface area contributed by atoms with E-state index in [1.54, 1.807) is 17.0 Å². The highest BCUT2D eigenvalue weighted by atomic mass is 35.5. The first-order valence-electron chi connectivity index (χ1n) is 7.10. The quantitative estimate of drug-likeness (QED) is 0.847. The van der Waals surface area contributed by atoms with Crippen LogP contribution in [0.25, 0.3) is 0 Å². The maximum atomic E-state index is 12.8. The number of carboxylic acid groups (broad SMARTS) is 1. The molecule has 0 aromatic heterocycles. The summed E-state index contributed by atoms with van der Waals surface area (Å²) in [4.78, 5) is 25.9. The van der Waals surface area contributed by atoms with Crippen molar-refractivity contribution in [1.29, 1.82) is 0 Å². The maximum absolute atomic E-state index is 12.8. The fraction of sp³-hybridized carbons (Fsp3) is 0.375. The molecule has 3 heterocycles. The standard InChI is InChI=1S/C16H14ClNO4/c1-8-2-3-9(6-10(8)17)18-7-16-5-4-11(22-16)12(15(20)21)13(16)14(18)19/h2-6,11-13H,7H2,1H3,(H,20,21). The van der Waals surface area contributed by atoms with E-state index in [4.69, 9.17) is 16.3 Å². The molecule has 114 valence electrons. The molecule has 1 amide bonds. The number of fused-ring (bicyclic) bond motifs is 1. The number of aryl methyl sites for hydroxylation is 1. The Kier molecular flexibility index (Phi) is 2.72. The number of aliphatic carboxylic acids is 1. The Balaban J connectivity index is 1.74. The van der Waals surface area contributed by atoms with Crippen LogP contribution in [0.1, 0.15) is 5.56 Å². The molecule has 6 heteroatoms. The van der Waals surface area contributed by atoms with Gasteiger partial charge in [0.05, 0.1) is 18.6 Å². The van der Waals surface area contributed by atoms with Crippen LogP contribution in [0.4, 0.5) is 5.69 Å². The summed E-state index contributed by atoms with van der Waals surface area (Å²) in [5.41, 5.74) is 0.784. The van der Waals surface area contributed by atoms with Crippen LogP contribution in [-0.4, -0.2) is 35.2 Å². The van der Waals surface area contributed by atoms with E-state index < -0.39 is 29.5 Å². The normalized spacial score (nSPS) is 35.3. The average molecular weight is 320 g/mol. The van der Waals surface area contributed by atoms with E-state index >= 15 is 0 Å². The smallest absolute Gasteiger partial charge is 0.310 e. The summed E-state index contributed by atoms with van der Waals surface area (Å²) in [5, 5.41) is 10.0. The highest BCUT2D eigenvalue weighted by Crippen LogP contribution is 2.52. The molecule has 1 N–H and O–H groups in total. The van der Waals surface area contributed by atoms with Crippen LogP contribution in [-0.2, 0) is 14.3 Å². The number of amides is 1. The Labute approximate surface area is 132 Å². The molecular formula is C16H14ClNO4. The Morgan fingerprint density at radius 2 is 2.27 bits per heavy atom. The number of carbonyl (C=O) groups excluding carboxylic acids is 1. The lowest BCUT2D eigenvalue weighted by Gasteiger charge is -2.21. The lowest BCUT2D eigenvalue weighted by atomic mass is 9.77. The van der Waals surface area contributed by atoms with Crippen molar-refractivity contribution in [1.82, 2.24) is 0 Å². The van der Waals surface area contributed by atoms with Gasteiger partial charge in [-0.25, -0.2) is 0 Å². The minimum atomic E-state index is -0.988. The first kappa shape index (κ1) is 13.8. The van der Waals surface area contributed by atoms with E-state index in [0.717, 1.165) is 5.56 Å². The topological polar surface area (TPSA) is 66.8 Å². The molecule has 1 aromatic rings. The molecule has 1 spiro atoms. The highest BCUT2D eigenvalue weighted by molar-refractivity contribution is 6.31. The number of hydrogen-bond donors (Lipinski definition) is 1. The van der Waals surface area contributed by atoms with E-state index in [1.165, 1.54) is 0 Å². The van der Waals surface area contributed by atoms with E-state index in [-0.39, 0.29) is 5.91 Å². The minimum Gasteiger partial charge on any atom is -0.481 e. The first-order chi connectivity index (χ1) is 10.4. The zero-order chi connectivity index (χ0) is 15.6. The van der Waals surface area contributed by atoms with Gasteiger partial charge in [-0.05, 0) is 24.6 Å². The Bertz CT molecular complexity index is 731. The number of anilines is 1. The van der Waals surface area contributed by atoms with Gasteiger partial charge in [0.1, 0.15) is 11.5 Å². The number of hydrogen-bond acceptors (Lipinski definition) is 3. The molecule has 22 heavy (non-hydrogen) atoms. The fourth-order valence-corrected chi connectivity index (χ4v) is 3.92. The van der Waals surface area contributed by atoms with Crippen molar-refractivity contribution in [3.05, 3.63) is 40.9 Å². The lowest BCUT2D eigenvalue weighted by Crippen LogP contribution is -2.39. The largest absolute Gasteiger partial charge is 0.481 e. The van der Waals surface area contributed by atoms with Gasteiger partial charge in [0.15, 0.2) is 0 Å². The third-order valence-electron chi connectivity index (χ3n) is 4.85. The zero-order valence-electron chi connectivity index (χ0n) is 11.8.